The summed E-state index contributed by atoms with van der Waals surface area (Å²) < 4.78 is 18.6. The minimum Gasteiger partial charge on any atom is -0.449 e. The Morgan fingerprint density at radius 1 is 1.44 bits per heavy atom. The molecule has 1 heterocycles. The minimum atomic E-state index is -0.493. The van der Waals surface area contributed by atoms with E-state index in [9.17, 15) is 9.18 Å². The van der Waals surface area contributed by atoms with E-state index in [-0.39, 0.29) is 23.9 Å². The van der Waals surface area contributed by atoms with Crippen LogP contribution in [0.3, 0.4) is 0 Å². The smallest absolute Gasteiger partial charge is 0.407 e. The molecule has 1 fully saturated rings. The number of hydrogen-bond donors (Lipinski definition) is 1. The molecule has 3 nitrogen and oxygen atoms in total. The van der Waals surface area contributed by atoms with Crippen LogP contribution in [0.1, 0.15) is 25.5 Å². The topological polar surface area (TPSA) is 38.3 Å². The summed E-state index contributed by atoms with van der Waals surface area (Å²) in [5.74, 6) is -0.303. The lowest BCUT2D eigenvalue weighted by Gasteiger charge is -2.38. The van der Waals surface area contributed by atoms with Crippen LogP contribution in [0.2, 0.25) is 0 Å². The van der Waals surface area contributed by atoms with Gasteiger partial charge in [0.25, 0.3) is 0 Å². The number of cyclic esters (lactones) is 1. The molecule has 0 aliphatic carbocycles. The molecular weight excluding hydrogens is 209 g/mol. The molecule has 1 aromatic carbocycles. The van der Waals surface area contributed by atoms with Gasteiger partial charge in [-0.05, 0) is 6.07 Å². The lowest BCUT2D eigenvalue weighted by molar-refractivity contribution is 0.0378. The number of nitrogens with one attached hydrogen (secondary N) is 1. The maximum absolute atomic E-state index is 13.7. The van der Waals surface area contributed by atoms with E-state index < -0.39 is 6.09 Å². The number of amides is 1. The average Bonchev–Trinajstić information content (AvgIpc) is 2.23. The maximum Gasteiger partial charge on any atom is 0.407 e. The van der Waals surface area contributed by atoms with Gasteiger partial charge >= 0.3 is 6.09 Å². The van der Waals surface area contributed by atoms with Gasteiger partial charge in [0.1, 0.15) is 12.4 Å². The van der Waals surface area contributed by atoms with Crippen LogP contribution >= 0.6 is 0 Å². The first-order valence-corrected chi connectivity index (χ1v) is 5.18. The zero-order valence-electron chi connectivity index (χ0n) is 9.29. The lowest BCUT2D eigenvalue weighted by atomic mass is 9.80. The number of halogens is 1. The Balaban J connectivity index is 2.38. The number of carbonyl (C=O) groups excluding carboxylic acids is 1. The second-order valence-corrected chi connectivity index (χ2v) is 4.66. The quantitative estimate of drug-likeness (QED) is 0.794. The first-order chi connectivity index (χ1) is 7.50. The van der Waals surface area contributed by atoms with Gasteiger partial charge < -0.3 is 10.1 Å². The lowest BCUT2D eigenvalue weighted by Crippen LogP contribution is -2.47. The SMILES string of the molecule is CC1(C)COC(=O)N[C@H]1c1ccccc1F. The normalized spacial score (nSPS) is 23.4. The highest BCUT2D eigenvalue weighted by molar-refractivity contribution is 5.69. The van der Waals surface area contributed by atoms with Crippen molar-refractivity contribution in [2.45, 2.75) is 19.9 Å². The summed E-state index contributed by atoms with van der Waals surface area (Å²) in [5, 5.41) is 2.66. The van der Waals surface area contributed by atoms with E-state index in [2.05, 4.69) is 5.32 Å². The molecule has 0 saturated carbocycles. The molecular formula is C12H14FNO2. The molecule has 2 rings (SSSR count). The van der Waals surface area contributed by atoms with Crippen molar-refractivity contribution in [3.05, 3.63) is 35.6 Å². The highest BCUT2D eigenvalue weighted by Gasteiger charge is 2.38. The molecule has 4 heteroatoms. The molecule has 1 amide bonds. The third kappa shape index (κ3) is 1.87. The van der Waals surface area contributed by atoms with Gasteiger partial charge in [-0.15, -0.1) is 0 Å². The summed E-state index contributed by atoms with van der Waals surface area (Å²) in [4.78, 5) is 11.2. The highest BCUT2D eigenvalue weighted by Crippen LogP contribution is 2.37. The van der Waals surface area contributed by atoms with E-state index in [0.29, 0.717) is 5.56 Å². The second kappa shape index (κ2) is 3.77. The number of ether oxygens (including phenoxy) is 1. The number of benzene rings is 1. The van der Waals surface area contributed by atoms with E-state index >= 15 is 0 Å². The van der Waals surface area contributed by atoms with Gasteiger partial charge in [0.2, 0.25) is 0 Å². The molecule has 0 radical (unpaired) electrons. The van der Waals surface area contributed by atoms with Crippen LogP contribution in [0, 0.1) is 11.2 Å². The summed E-state index contributed by atoms with van der Waals surface area (Å²) in [6.07, 6.45) is -0.493. The summed E-state index contributed by atoms with van der Waals surface area (Å²) in [7, 11) is 0. The largest absolute Gasteiger partial charge is 0.449 e. The molecule has 0 spiro atoms. The molecule has 1 aromatic rings. The predicted octanol–water partition coefficient (Wildman–Crippen LogP) is 2.63. The number of hydrogen-bond acceptors (Lipinski definition) is 2. The Kier molecular flexibility index (Phi) is 2.58. The minimum absolute atomic E-state index is 0.290. The molecule has 1 atom stereocenters. The standard InChI is InChI=1S/C12H14FNO2/c1-12(2)7-16-11(15)14-10(12)8-5-3-4-6-9(8)13/h3-6,10H,7H2,1-2H3,(H,14,15)/t10-/m0/s1. The maximum atomic E-state index is 13.7. The van der Waals surface area contributed by atoms with Crippen molar-refractivity contribution >= 4 is 6.09 Å². The first-order valence-electron chi connectivity index (χ1n) is 5.18. The zero-order chi connectivity index (χ0) is 11.8. The second-order valence-electron chi connectivity index (χ2n) is 4.66. The Morgan fingerprint density at radius 2 is 2.12 bits per heavy atom. The van der Waals surface area contributed by atoms with Gasteiger partial charge in [-0.2, -0.15) is 0 Å². The van der Waals surface area contributed by atoms with Crippen LogP contribution in [0.5, 0.6) is 0 Å². The Morgan fingerprint density at radius 3 is 2.81 bits per heavy atom. The van der Waals surface area contributed by atoms with Crippen molar-refractivity contribution in [2.75, 3.05) is 6.61 Å². The zero-order valence-corrected chi connectivity index (χ0v) is 9.29. The van der Waals surface area contributed by atoms with E-state index in [1.807, 2.05) is 13.8 Å². The molecule has 1 saturated heterocycles. The summed E-state index contributed by atoms with van der Waals surface area (Å²) in [6.45, 7) is 4.16. The molecule has 0 bridgehead atoms. The average molecular weight is 223 g/mol. The van der Waals surface area contributed by atoms with Gasteiger partial charge in [-0.25, -0.2) is 9.18 Å². The van der Waals surface area contributed by atoms with E-state index in [1.165, 1.54) is 6.07 Å². The van der Waals surface area contributed by atoms with Gasteiger partial charge in [0.15, 0.2) is 0 Å². The van der Waals surface area contributed by atoms with E-state index in [4.69, 9.17) is 4.74 Å². The van der Waals surface area contributed by atoms with Crippen molar-refractivity contribution in [1.82, 2.24) is 5.32 Å². The summed E-state index contributed by atoms with van der Waals surface area (Å²) >= 11 is 0. The van der Waals surface area contributed by atoms with Crippen molar-refractivity contribution in [3.8, 4) is 0 Å². The fourth-order valence-corrected chi connectivity index (χ4v) is 1.90. The fourth-order valence-electron chi connectivity index (χ4n) is 1.90. The van der Waals surface area contributed by atoms with Crippen LogP contribution in [-0.2, 0) is 4.74 Å². The summed E-state index contributed by atoms with van der Waals surface area (Å²) in [6, 6.07) is 6.12. The van der Waals surface area contributed by atoms with Gasteiger partial charge in [0, 0.05) is 11.0 Å². The Labute approximate surface area is 93.6 Å². The Hall–Kier alpha value is -1.58. The van der Waals surface area contributed by atoms with Crippen LogP contribution < -0.4 is 5.32 Å². The molecule has 1 aliphatic heterocycles. The molecule has 1 N–H and O–H groups in total. The third-order valence-electron chi connectivity index (χ3n) is 2.84. The number of rotatable bonds is 1. The number of alkyl carbamates (subject to hydrolysis) is 1. The molecule has 0 unspecified atom stereocenters. The Bertz CT molecular complexity index is 417. The van der Waals surface area contributed by atoms with Crippen LogP contribution in [0.15, 0.2) is 24.3 Å². The van der Waals surface area contributed by atoms with Gasteiger partial charge in [0.05, 0.1) is 6.04 Å². The van der Waals surface area contributed by atoms with Crippen LogP contribution in [-0.4, -0.2) is 12.7 Å². The first kappa shape index (κ1) is 10.9. The van der Waals surface area contributed by atoms with Crippen LogP contribution in [0.25, 0.3) is 0 Å². The van der Waals surface area contributed by atoms with E-state index in [0.717, 1.165) is 0 Å². The number of carbonyl (C=O) groups is 1. The van der Waals surface area contributed by atoms with Crippen molar-refractivity contribution in [1.29, 1.82) is 0 Å². The molecule has 16 heavy (non-hydrogen) atoms. The molecule has 86 valence electrons. The van der Waals surface area contributed by atoms with E-state index in [1.54, 1.807) is 18.2 Å². The van der Waals surface area contributed by atoms with Gasteiger partial charge in [-0.3, -0.25) is 0 Å². The monoisotopic (exact) mass is 223 g/mol. The highest BCUT2D eigenvalue weighted by atomic mass is 19.1. The van der Waals surface area contributed by atoms with Crippen molar-refractivity contribution in [3.63, 3.8) is 0 Å². The van der Waals surface area contributed by atoms with Crippen LogP contribution in [0.4, 0.5) is 9.18 Å². The van der Waals surface area contributed by atoms with Crippen molar-refractivity contribution < 1.29 is 13.9 Å². The molecule has 0 aromatic heterocycles. The summed E-state index contributed by atoms with van der Waals surface area (Å²) in [5.41, 5.74) is 0.181. The predicted molar refractivity (Wildman–Crippen MR) is 57.4 cm³/mol. The third-order valence-corrected chi connectivity index (χ3v) is 2.84. The fraction of sp³-hybridized carbons (Fsp3) is 0.417. The molecule has 1 aliphatic rings. The van der Waals surface area contributed by atoms with Crippen molar-refractivity contribution in [2.24, 2.45) is 5.41 Å². The van der Waals surface area contributed by atoms with Gasteiger partial charge in [-0.1, -0.05) is 32.0 Å².